The first-order chi connectivity index (χ1) is 16.3. The van der Waals surface area contributed by atoms with Crippen molar-refractivity contribution in [1.82, 2.24) is 19.8 Å². The Kier molecular flexibility index (Phi) is 6.99. The number of ether oxygens (including phenoxy) is 1. The second kappa shape index (κ2) is 9.94. The van der Waals surface area contributed by atoms with E-state index >= 15 is 0 Å². The van der Waals surface area contributed by atoms with E-state index in [1.807, 2.05) is 26.0 Å². The molecule has 0 aliphatic heterocycles. The molecule has 4 N–H and O–H groups in total. The molecule has 1 aliphatic carbocycles. The fraction of sp³-hybridized carbons (Fsp3) is 0.417. The van der Waals surface area contributed by atoms with Gasteiger partial charge >= 0.3 is 0 Å². The summed E-state index contributed by atoms with van der Waals surface area (Å²) in [5.41, 5.74) is 8.98. The Balaban J connectivity index is 1.62. The average Bonchev–Trinajstić information content (AvgIpc) is 3.21. The lowest BCUT2D eigenvalue weighted by molar-refractivity contribution is -0.134. The predicted molar refractivity (Wildman–Crippen MR) is 138 cm³/mol. The molecule has 0 unspecified atom stereocenters. The van der Waals surface area contributed by atoms with Crippen molar-refractivity contribution in [3.05, 3.63) is 34.5 Å². The molecular weight excluding hydrogens is 450 g/mol. The topological polar surface area (TPSA) is 120 Å². The number of carbonyl (C=O) groups excluding carboxylic acids is 1. The van der Waals surface area contributed by atoms with Crippen LogP contribution in [0.25, 0.3) is 10.2 Å². The van der Waals surface area contributed by atoms with Crippen LogP contribution < -0.4 is 15.8 Å². The first-order valence-electron chi connectivity index (χ1n) is 11.2. The molecule has 0 saturated carbocycles. The highest BCUT2D eigenvalue weighted by atomic mass is 32.1. The molecule has 1 amide bonds. The van der Waals surface area contributed by atoms with Crippen LogP contribution in [0.4, 0.5) is 17.2 Å². The maximum Gasteiger partial charge on any atom is 0.225 e. The highest BCUT2D eigenvalue weighted by Crippen LogP contribution is 2.41. The summed E-state index contributed by atoms with van der Waals surface area (Å²) in [6.07, 6.45) is 5.10. The molecule has 4 rings (SSSR count). The fourth-order valence-electron chi connectivity index (χ4n) is 4.32. The van der Waals surface area contributed by atoms with Crippen LogP contribution in [0.5, 0.6) is 5.75 Å². The summed E-state index contributed by atoms with van der Waals surface area (Å²) < 4.78 is 5.50. The maximum absolute atomic E-state index is 13.0. The summed E-state index contributed by atoms with van der Waals surface area (Å²) in [4.78, 5) is 28.1. The van der Waals surface area contributed by atoms with E-state index in [2.05, 4.69) is 20.2 Å². The number of nitrogens with zero attached hydrogens (tertiary/aromatic N) is 4. The third-order valence-corrected chi connectivity index (χ3v) is 7.43. The quantitative estimate of drug-likeness (QED) is 0.334. The largest absolute Gasteiger partial charge is 0.494 e. The van der Waals surface area contributed by atoms with E-state index in [-0.39, 0.29) is 11.8 Å². The van der Waals surface area contributed by atoms with Crippen LogP contribution in [0, 0.1) is 11.3 Å². The van der Waals surface area contributed by atoms with Gasteiger partial charge in [0.05, 0.1) is 18.2 Å². The van der Waals surface area contributed by atoms with Crippen molar-refractivity contribution in [2.45, 2.75) is 19.3 Å². The molecule has 0 radical (unpaired) electrons. The van der Waals surface area contributed by atoms with E-state index in [9.17, 15) is 4.79 Å². The standard InChI is InChI=1S/C24H31N7O2S/c1-30(2)7-8-31(3)24(32)14-5-6-16-20(10-14)34-23-21(16)22(27-13-28-23)29-18-9-15(12-25)17(26)11-19(18)33-4/h9,11-14,25H,5-8,10,26H2,1-4H3,(H,27,28,29)/t14-/m0/s1. The van der Waals surface area contributed by atoms with Crippen LogP contribution in [0.15, 0.2) is 18.5 Å². The summed E-state index contributed by atoms with van der Waals surface area (Å²) >= 11 is 1.64. The zero-order valence-corrected chi connectivity index (χ0v) is 20.8. The molecule has 2 heterocycles. The molecule has 34 heavy (non-hydrogen) atoms. The number of amides is 1. The number of aryl methyl sites for hydroxylation is 1. The number of rotatable bonds is 8. The Labute approximate surface area is 203 Å². The highest BCUT2D eigenvalue weighted by molar-refractivity contribution is 7.19. The minimum atomic E-state index is -0.00978. The van der Waals surface area contributed by atoms with Crippen molar-refractivity contribution in [3.8, 4) is 5.75 Å². The van der Waals surface area contributed by atoms with Crippen molar-refractivity contribution < 1.29 is 9.53 Å². The predicted octanol–water partition coefficient (Wildman–Crippen LogP) is 3.15. The lowest BCUT2D eigenvalue weighted by atomic mass is 9.87. The second-order valence-corrected chi connectivity index (χ2v) is 9.94. The SMILES string of the molecule is COc1cc(N)c(C=N)cc1Nc1ncnc2sc3c(c12)CC[C@H](C(=O)N(C)CCN(C)C)C3. The van der Waals surface area contributed by atoms with Gasteiger partial charge in [0.25, 0.3) is 0 Å². The number of benzene rings is 1. The molecule has 3 aromatic rings. The van der Waals surface area contributed by atoms with E-state index < -0.39 is 0 Å². The number of fused-ring (bicyclic) bond motifs is 3. The first-order valence-corrected chi connectivity index (χ1v) is 12.0. The Hall–Kier alpha value is -3.24. The number of aromatic nitrogens is 2. The lowest BCUT2D eigenvalue weighted by Gasteiger charge is -2.27. The third kappa shape index (κ3) is 4.69. The molecule has 10 heteroatoms. The van der Waals surface area contributed by atoms with Crippen molar-refractivity contribution in [1.29, 1.82) is 5.41 Å². The van der Waals surface area contributed by atoms with Crippen molar-refractivity contribution in [2.24, 2.45) is 5.92 Å². The average molecular weight is 482 g/mol. The van der Waals surface area contributed by atoms with Gasteiger partial charge in [0.15, 0.2) is 0 Å². The van der Waals surface area contributed by atoms with Crippen molar-refractivity contribution in [3.63, 3.8) is 0 Å². The minimum Gasteiger partial charge on any atom is -0.494 e. The molecule has 180 valence electrons. The summed E-state index contributed by atoms with van der Waals surface area (Å²) in [6.45, 7) is 1.57. The molecule has 2 aromatic heterocycles. The van der Waals surface area contributed by atoms with Crippen LogP contribution in [0.1, 0.15) is 22.4 Å². The van der Waals surface area contributed by atoms with Gasteiger partial charge in [-0.05, 0) is 45.0 Å². The Morgan fingerprint density at radius 3 is 2.82 bits per heavy atom. The normalized spacial score (nSPS) is 15.3. The van der Waals surface area contributed by atoms with Crippen LogP contribution in [-0.4, -0.2) is 73.2 Å². The Morgan fingerprint density at radius 1 is 1.32 bits per heavy atom. The number of hydrogen-bond acceptors (Lipinski definition) is 9. The number of nitrogens with one attached hydrogen (secondary N) is 2. The summed E-state index contributed by atoms with van der Waals surface area (Å²) in [5, 5.41) is 12.0. The third-order valence-electron chi connectivity index (χ3n) is 6.27. The molecular formula is C24H31N7O2S. The number of likely N-dealkylation sites (N-methyl/N-ethyl adjacent to an activating group) is 2. The van der Waals surface area contributed by atoms with Gasteiger partial charge in [-0.15, -0.1) is 11.3 Å². The second-order valence-electron chi connectivity index (χ2n) is 8.86. The molecule has 0 saturated heterocycles. The van der Waals surface area contributed by atoms with Gasteiger partial charge in [0, 0.05) is 54.5 Å². The fourth-order valence-corrected chi connectivity index (χ4v) is 5.59. The summed E-state index contributed by atoms with van der Waals surface area (Å²) in [5.74, 6) is 1.46. The Morgan fingerprint density at radius 2 is 2.12 bits per heavy atom. The van der Waals surface area contributed by atoms with Crippen molar-refractivity contribution in [2.75, 3.05) is 52.4 Å². The van der Waals surface area contributed by atoms with Crippen molar-refractivity contribution >= 4 is 50.9 Å². The van der Waals surface area contributed by atoms with Crippen LogP contribution in [-0.2, 0) is 17.6 Å². The number of methoxy groups -OCH3 is 1. The highest BCUT2D eigenvalue weighted by Gasteiger charge is 2.30. The lowest BCUT2D eigenvalue weighted by Crippen LogP contribution is -2.39. The first kappa shape index (κ1) is 23.9. The van der Waals surface area contributed by atoms with Gasteiger partial charge in [-0.2, -0.15) is 0 Å². The monoisotopic (exact) mass is 481 g/mol. The molecule has 0 spiro atoms. The molecule has 1 aliphatic rings. The van der Waals surface area contributed by atoms with Gasteiger partial charge < -0.3 is 31.0 Å². The van der Waals surface area contributed by atoms with Gasteiger partial charge in [-0.25, -0.2) is 9.97 Å². The van der Waals surface area contributed by atoms with E-state index in [0.29, 0.717) is 28.5 Å². The molecule has 0 fully saturated rings. The molecule has 1 aromatic carbocycles. The van der Waals surface area contributed by atoms with Gasteiger partial charge in [0.2, 0.25) is 5.91 Å². The van der Waals surface area contributed by atoms with Crippen LogP contribution in [0.2, 0.25) is 0 Å². The molecule has 0 bridgehead atoms. The zero-order valence-electron chi connectivity index (χ0n) is 20.0. The number of hydrogen-bond donors (Lipinski definition) is 3. The Bertz CT molecular complexity index is 1220. The minimum absolute atomic E-state index is 0.00978. The maximum atomic E-state index is 13.0. The zero-order chi connectivity index (χ0) is 24.4. The number of nitrogens with two attached hydrogens (primary N) is 1. The summed E-state index contributed by atoms with van der Waals surface area (Å²) in [6, 6.07) is 3.49. The molecule has 9 nitrogen and oxygen atoms in total. The smallest absolute Gasteiger partial charge is 0.225 e. The van der Waals surface area contributed by atoms with Gasteiger partial charge in [-0.3, -0.25) is 4.79 Å². The van der Waals surface area contributed by atoms with E-state index in [4.69, 9.17) is 15.9 Å². The van der Waals surface area contributed by atoms with Crippen LogP contribution in [0.3, 0.4) is 0 Å². The summed E-state index contributed by atoms with van der Waals surface area (Å²) in [7, 11) is 7.50. The number of anilines is 3. The van der Waals surface area contributed by atoms with Gasteiger partial charge in [-0.1, -0.05) is 0 Å². The van der Waals surface area contributed by atoms with Crippen LogP contribution >= 0.6 is 11.3 Å². The number of thiophene rings is 1. The van der Waals surface area contributed by atoms with E-state index in [0.717, 1.165) is 42.6 Å². The molecule has 1 atom stereocenters. The van der Waals surface area contributed by atoms with E-state index in [1.54, 1.807) is 36.9 Å². The number of nitrogen functional groups attached to an aromatic ring is 1. The number of carbonyl (C=O) groups is 1. The van der Waals surface area contributed by atoms with Gasteiger partial charge in [0.1, 0.15) is 22.7 Å². The van der Waals surface area contributed by atoms with E-state index in [1.165, 1.54) is 16.7 Å².